The highest BCUT2D eigenvalue weighted by molar-refractivity contribution is 5.88. The quantitative estimate of drug-likeness (QED) is 0.875. The van der Waals surface area contributed by atoms with E-state index in [9.17, 15) is 9.90 Å². The van der Waals surface area contributed by atoms with E-state index in [0.29, 0.717) is 6.42 Å². The minimum absolute atomic E-state index is 0.0720. The Morgan fingerprint density at radius 1 is 1.10 bits per heavy atom. The third-order valence-corrected chi connectivity index (χ3v) is 3.17. The Morgan fingerprint density at radius 3 is 2.35 bits per heavy atom. The van der Waals surface area contributed by atoms with E-state index in [-0.39, 0.29) is 5.91 Å². The number of amides is 1. The van der Waals surface area contributed by atoms with Crippen molar-refractivity contribution in [2.45, 2.75) is 25.9 Å². The zero-order valence-corrected chi connectivity index (χ0v) is 11.5. The van der Waals surface area contributed by atoms with E-state index in [1.807, 2.05) is 54.6 Å². The Bertz CT molecular complexity index is 549. The molecule has 0 saturated carbocycles. The smallest absolute Gasteiger partial charge is 0.221 e. The third-order valence-electron chi connectivity index (χ3n) is 3.17. The number of aliphatic hydroxyl groups is 1. The minimum Gasteiger partial charge on any atom is -0.388 e. The fraction of sp³-hybridized carbons (Fsp3) is 0.235. The second kappa shape index (κ2) is 6.87. The summed E-state index contributed by atoms with van der Waals surface area (Å²) in [5, 5.41) is 12.8. The number of hydrogen-bond donors (Lipinski definition) is 2. The Hall–Kier alpha value is -2.13. The lowest BCUT2D eigenvalue weighted by Gasteiger charge is -2.11. The molecule has 0 spiro atoms. The van der Waals surface area contributed by atoms with E-state index in [1.54, 1.807) is 0 Å². The number of rotatable bonds is 5. The number of carbonyl (C=O) groups excluding carboxylic acids is 1. The molecule has 0 aliphatic heterocycles. The molecule has 0 radical (unpaired) electrons. The number of carbonyl (C=O) groups is 1. The third kappa shape index (κ3) is 4.21. The topological polar surface area (TPSA) is 49.3 Å². The Morgan fingerprint density at radius 2 is 1.75 bits per heavy atom. The fourth-order valence-electron chi connectivity index (χ4n) is 2.10. The molecule has 3 heteroatoms. The molecule has 0 aliphatic rings. The molecule has 2 aromatic carbocycles. The zero-order chi connectivity index (χ0) is 14.4. The van der Waals surface area contributed by atoms with Gasteiger partial charge in [-0.05, 0) is 36.1 Å². The van der Waals surface area contributed by atoms with Crippen LogP contribution in [0.2, 0.25) is 0 Å². The first-order chi connectivity index (χ1) is 9.65. The van der Waals surface area contributed by atoms with Crippen molar-refractivity contribution in [1.29, 1.82) is 0 Å². The Labute approximate surface area is 119 Å². The molecule has 0 aliphatic carbocycles. The summed E-state index contributed by atoms with van der Waals surface area (Å²) in [7, 11) is 0. The molecule has 20 heavy (non-hydrogen) atoms. The summed E-state index contributed by atoms with van der Waals surface area (Å²) in [4.78, 5) is 10.9. The van der Waals surface area contributed by atoms with Crippen molar-refractivity contribution < 1.29 is 9.90 Å². The van der Waals surface area contributed by atoms with Crippen molar-refractivity contribution in [1.82, 2.24) is 0 Å². The van der Waals surface area contributed by atoms with E-state index in [1.165, 1.54) is 6.92 Å². The number of anilines is 1. The minimum atomic E-state index is -0.439. The Balaban J connectivity index is 1.89. The van der Waals surface area contributed by atoms with Gasteiger partial charge in [-0.2, -0.15) is 0 Å². The molecule has 0 heterocycles. The molecular formula is C17H19NO2. The summed E-state index contributed by atoms with van der Waals surface area (Å²) in [6.07, 6.45) is 1.05. The Kier molecular flexibility index (Phi) is 4.91. The molecule has 0 aromatic heterocycles. The van der Waals surface area contributed by atoms with Crippen LogP contribution >= 0.6 is 0 Å². The van der Waals surface area contributed by atoms with Gasteiger partial charge in [0.05, 0.1) is 6.10 Å². The molecule has 0 fully saturated rings. The van der Waals surface area contributed by atoms with Crippen molar-refractivity contribution >= 4 is 11.6 Å². The van der Waals surface area contributed by atoms with Crippen LogP contribution in [-0.4, -0.2) is 11.0 Å². The van der Waals surface area contributed by atoms with Gasteiger partial charge in [-0.25, -0.2) is 0 Å². The first-order valence-electron chi connectivity index (χ1n) is 6.74. The van der Waals surface area contributed by atoms with Gasteiger partial charge in [0, 0.05) is 12.6 Å². The van der Waals surface area contributed by atoms with Crippen LogP contribution in [-0.2, 0) is 11.2 Å². The van der Waals surface area contributed by atoms with Crippen LogP contribution in [0.5, 0.6) is 0 Å². The van der Waals surface area contributed by atoms with Crippen LogP contribution in [0.1, 0.15) is 30.6 Å². The first kappa shape index (κ1) is 14.3. The van der Waals surface area contributed by atoms with Crippen LogP contribution in [0.25, 0.3) is 0 Å². The van der Waals surface area contributed by atoms with Gasteiger partial charge in [0.2, 0.25) is 5.91 Å². The number of aliphatic hydroxyl groups excluding tert-OH is 1. The molecule has 1 amide bonds. The van der Waals surface area contributed by atoms with E-state index < -0.39 is 6.10 Å². The van der Waals surface area contributed by atoms with Gasteiger partial charge in [-0.1, -0.05) is 42.5 Å². The van der Waals surface area contributed by atoms with Gasteiger partial charge < -0.3 is 10.4 Å². The van der Waals surface area contributed by atoms with Crippen molar-refractivity contribution in [3.05, 3.63) is 65.7 Å². The van der Waals surface area contributed by atoms with E-state index in [0.717, 1.165) is 23.2 Å². The lowest BCUT2D eigenvalue weighted by molar-refractivity contribution is -0.114. The standard InChI is InChI=1S/C17H19NO2/c1-13(19)18-16-10-7-14(8-11-16)9-12-17(20)15-5-3-2-4-6-15/h2-8,10-11,17,20H,9,12H2,1H3,(H,18,19). The van der Waals surface area contributed by atoms with Gasteiger partial charge >= 0.3 is 0 Å². The normalized spacial score (nSPS) is 11.9. The maximum Gasteiger partial charge on any atom is 0.221 e. The molecule has 1 unspecified atom stereocenters. The van der Waals surface area contributed by atoms with Crippen LogP contribution in [0.4, 0.5) is 5.69 Å². The van der Waals surface area contributed by atoms with Crippen molar-refractivity contribution in [3.8, 4) is 0 Å². The van der Waals surface area contributed by atoms with Gasteiger partial charge in [0.15, 0.2) is 0 Å². The van der Waals surface area contributed by atoms with Gasteiger partial charge in [0.1, 0.15) is 0 Å². The summed E-state index contributed by atoms with van der Waals surface area (Å²) >= 11 is 0. The second-order valence-electron chi connectivity index (χ2n) is 4.84. The summed E-state index contributed by atoms with van der Waals surface area (Å²) in [6, 6.07) is 17.4. The predicted octanol–water partition coefficient (Wildman–Crippen LogP) is 3.31. The van der Waals surface area contributed by atoms with Crippen molar-refractivity contribution in [3.63, 3.8) is 0 Å². The number of nitrogens with one attached hydrogen (secondary N) is 1. The van der Waals surface area contributed by atoms with E-state index >= 15 is 0 Å². The number of benzene rings is 2. The highest BCUT2D eigenvalue weighted by Gasteiger charge is 2.07. The number of aryl methyl sites for hydroxylation is 1. The highest BCUT2D eigenvalue weighted by Crippen LogP contribution is 2.19. The SMILES string of the molecule is CC(=O)Nc1ccc(CCC(O)c2ccccc2)cc1. The van der Waals surface area contributed by atoms with Crippen LogP contribution in [0, 0.1) is 0 Å². The molecule has 2 aromatic rings. The van der Waals surface area contributed by atoms with Gasteiger partial charge in [-0.15, -0.1) is 0 Å². The molecular weight excluding hydrogens is 250 g/mol. The van der Waals surface area contributed by atoms with Gasteiger partial charge in [0.25, 0.3) is 0 Å². The first-order valence-corrected chi connectivity index (χ1v) is 6.74. The molecule has 104 valence electrons. The molecule has 1 atom stereocenters. The summed E-state index contributed by atoms with van der Waals surface area (Å²) in [5.41, 5.74) is 2.89. The van der Waals surface area contributed by atoms with Crippen LogP contribution in [0.15, 0.2) is 54.6 Å². The maximum atomic E-state index is 10.9. The monoisotopic (exact) mass is 269 g/mol. The molecule has 2 N–H and O–H groups in total. The van der Waals surface area contributed by atoms with Crippen molar-refractivity contribution in [2.24, 2.45) is 0 Å². The lowest BCUT2D eigenvalue weighted by atomic mass is 10.0. The summed E-state index contributed by atoms with van der Waals surface area (Å²) in [6.45, 7) is 1.49. The maximum absolute atomic E-state index is 10.9. The van der Waals surface area contributed by atoms with E-state index in [4.69, 9.17) is 0 Å². The summed E-state index contributed by atoms with van der Waals surface area (Å²) in [5.74, 6) is -0.0720. The fourth-order valence-corrected chi connectivity index (χ4v) is 2.10. The lowest BCUT2D eigenvalue weighted by Crippen LogP contribution is -2.05. The molecule has 2 rings (SSSR count). The predicted molar refractivity (Wildman–Crippen MR) is 80.5 cm³/mol. The summed E-state index contributed by atoms with van der Waals surface area (Å²) < 4.78 is 0. The largest absolute Gasteiger partial charge is 0.388 e. The second-order valence-corrected chi connectivity index (χ2v) is 4.84. The van der Waals surface area contributed by atoms with E-state index in [2.05, 4.69) is 5.32 Å². The van der Waals surface area contributed by atoms with Crippen LogP contribution in [0.3, 0.4) is 0 Å². The van der Waals surface area contributed by atoms with Crippen LogP contribution < -0.4 is 5.32 Å². The molecule has 3 nitrogen and oxygen atoms in total. The molecule has 0 saturated heterocycles. The van der Waals surface area contributed by atoms with Gasteiger partial charge in [-0.3, -0.25) is 4.79 Å². The highest BCUT2D eigenvalue weighted by atomic mass is 16.3. The zero-order valence-electron chi connectivity index (χ0n) is 11.5. The average molecular weight is 269 g/mol. The average Bonchev–Trinajstić information content (AvgIpc) is 2.46. The molecule has 0 bridgehead atoms. The van der Waals surface area contributed by atoms with Crippen molar-refractivity contribution in [2.75, 3.05) is 5.32 Å². The number of hydrogen-bond acceptors (Lipinski definition) is 2.